The number of fused-ring (bicyclic) bond motifs is 1. The van der Waals surface area contributed by atoms with Gasteiger partial charge in [0.1, 0.15) is 11.6 Å². The van der Waals surface area contributed by atoms with Gasteiger partial charge in [0, 0.05) is 0 Å². The third kappa shape index (κ3) is 4.11. The van der Waals surface area contributed by atoms with E-state index in [4.69, 9.17) is 0 Å². The van der Waals surface area contributed by atoms with Crippen molar-refractivity contribution in [2.45, 2.75) is 44.9 Å². The van der Waals surface area contributed by atoms with E-state index in [1.807, 2.05) is 24.3 Å². The highest BCUT2D eigenvalue weighted by Crippen LogP contribution is 2.41. The Balaban J connectivity index is 1.63. The fourth-order valence-corrected chi connectivity index (χ4v) is 4.58. The van der Waals surface area contributed by atoms with Crippen molar-refractivity contribution in [1.82, 2.24) is 0 Å². The highest BCUT2D eigenvalue weighted by molar-refractivity contribution is 5.41. The molecule has 2 unspecified atom stereocenters. The van der Waals surface area contributed by atoms with Crippen molar-refractivity contribution in [1.29, 1.82) is 0 Å². The topological polar surface area (TPSA) is 20.2 Å². The van der Waals surface area contributed by atoms with E-state index in [2.05, 4.69) is 37.3 Å². The van der Waals surface area contributed by atoms with E-state index in [1.165, 1.54) is 27.8 Å². The quantitative estimate of drug-likeness (QED) is 0.562. The number of phenolic OH excluding ortho intramolecular Hbond substituents is 1. The zero-order valence-corrected chi connectivity index (χ0v) is 16.4. The highest BCUT2D eigenvalue weighted by atomic mass is 19.1. The fraction of sp³-hybridized carbons (Fsp3) is 0.308. The maximum absolute atomic E-state index is 13.3. The Morgan fingerprint density at radius 3 is 2.21 bits per heavy atom. The number of benzene rings is 3. The smallest absolute Gasteiger partial charge is 0.123 e. The molecule has 1 nitrogen and oxygen atoms in total. The second-order valence-corrected chi connectivity index (χ2v) is 7.99. The predicted molar refractivity (Wildman–Crippen MR) is 112 cm³/mol. The van der Waals surface area contributed by atoms with Crippen molar-refractivity contribution in [3.8, 4) is 5.75 Å². The molecule has 144 valence electrons. The Kier molecular flexibility index (Phi) is 5.47. The molecule has 2 heteroatoms. The summed E-state index contributed by atoms with van der Waals surface area (Å²) in [5.41, 5.74) is 6.54. The molecule has 0 saturated heterocycles. The minimum absolute atomic E-state index is 0.180. The van der Waals surface area contributed by atoms with Crippen molar-refractivity contribution in [2.24, 2.45) is 5.92 Å². The molecule has 2 atom stereocenters. The van der Waals surface area contributed by atoms with Crippen LogP contribution in [0.4, 0.5) is 4.39 Å². The number of halogens is 1. The first-order valence-electron chi connectivity index (χ1n) is 10.3. The summed E-state index contributed by atoms with van der Waals surface area (Å²) >= 11 is 0. The summed E-state index contributed by atoms with van der Waals surface area (Å²) in [6.45, 7) is 2.18. The van der Waals surface area contributed by atoms with Gasteiger partial charge < -0.3 is 5.11 Å². The lowest BCUT2D eigenvalue weighted by molar-refractivity contribution is 0.365. The van der Waals surface area contributed by atoms with E-state index in [1.54, 1.807) is 12.1 Å². The molecule has 0 radical (unpaired) electrons. The van der Waals surface area contributed by atoms with E-state index < -0.39 is 0 Å². The first-order valence-corrected chi connectivity index (χ1v) is 10.3. The van der Waals surface area contributed by atoms with Gasteiger partial charge in [-0.2, -0.15) is 0 Å². The first-order chi connectivity index (χ1) is 13.6. The summed E-state index contributed by atoms with van der Waals surface area (Å²) in [6.07, 6.45) is 5.08. The molecule has 0 heterocycles. The summed E-state index contributed by atoms with van der Waals surface area (Å²) in [5, 5.41) is 9.91. The largest absolute Gasteiger partial charge is 0.508 e. The number of hydrogen-bond acceptors (Lipinski definition) is 1. The zero-order chi connectivity index (χ0) is 19.5. The van der Waals surface area contributed by atoms with E-state index in [0.29, 0.717) is 17.6 Å². The van der Waals surface area contributed by atoms with Crippen LogP contribution in [0.1, 0.15) is 47.1 Å². The number of hydrogen-bond donors (Lipinski definition) is 1. The first kappa shape index (κ1) is 18.7. The van der Waals surface area contributed by atoms with Gasteiger partial charge in [0.15, 0.2) is 0 Å². The number of phenols is 1. The van der Waals surface area contributed by atoms with Gasteiger partial charge in [-0.15, -0.1) is 0 Å². The van der Waals surface area contributed by atoms with Gasteiger partial charge in [0.05, 0.1) is 0 Å². The van der Waals surface area contributed by atoms with Crippen LogP contribution >= 0.6 is 0 Å². The molecular weight excluding hydrogens is 347 g/mol. The van der Waals surface area contributed by atoms with Crippen LogP contribution < -0.4 is 0 Å². The Morgan fingerprint density at radius 1 is 0.857 bits per heavy atom. The van der Waals surface area contributed by atoms with E-state index in [9.17, 15) is 9.50 Å². The third-order valence-corrected chi connectivity index (χ3v) is 6.18. The molecular formula is C26H27FO. The Labute approximate surface area is 166 Å². The van der Waals surface area contributed by atoms with Crippen LogP contribution in [0.25, 0.3) is 0 Å². The number of aromatic hydroxyl groups is 1. The van der Waals surface area contributed by atoms with E-state index in [-0.39, 0.29) is 5.82 Å². The van der Waals surface area contributed by atoms with Gasteiger partial charge in [-0.1, -0.05) is 49.4 Å². The molecule has 1 aliphatic rings. The van der Waals surface area contributed by atoms with Gasteiger partial charge in [0.2, 0.25) is 0 Å². The predicted octanol–water partition coefficient (Wildman–Crippen LogP) is 6.23. The van der Waals surface area contributed by atoms with Crippen LogP contribution in [0.3, 0.4) is 0 Å². The molecule has 0 amide bonds. The molecule has 3 aromatic carbocycles. The molecule has 1 aliphatic carbocycles. The zero-order valence-electron chi connectivity index (χ0n) is 16.4. The number of aryl methyl sites for hydroxylation is 2. The summed E-state index contributed by atoms with van der Waals surface area (Å²) in [6, 6.07) is 21.7. The molecule has 0 aromatic heterocycles. The molecule has 28 heavy (non-hydrogen) atoms. The summed E-state index contributed by atoms with van der Waals surface area (Å²) in [5.74, 6) is 1.08. The monoisotopic (exact) mass is 374 g/mol. The standard InChI is InChI=1S/C26H27FO/c1-2-18-3-5-20(6-4-18)16-26-21(15-19-7-11-23(27)12-8-19)9-10-22-17-24(28)13-14-25(22)26/h3-8,11-14,17,21,26,28H,2,9-10,15-16H2,1H3. The third-order valence-electron chi connectivity index (χ3n) is 6.18. The van der Waals surface area contributed by atoms with E-state index >= 15 is 0 Å². The summed E-state index contributed by atoms with van der Waals surface area (Å²) in [4.78, 5) is 0. The normalized spacial score (nSPS) is 18.6. The lowest BCUT2D eigenvalue weighted by Gasteiger charge is -2.34. The lowest BCUT2D eigenvalue weighted by Crippen LogP contribution is -2.24. The molecule has 3 aromatic rings. The minimum Gasteiger partial charge on any atom is -0.508 e. The van der Waals surface area contributed by atoms with Gasteiger partial charge in [0.25, 0.3) is 0 Å². The second kappa shape index (κ2) is 8.18. The Hall–Kier alpha value is -2.61. The summed E-state index contributed by atoms with van der Waals surface area (Å²) in [7, 11) is 0. The molecule has 4 rings (SSSR count). The van der Waals surface area contributed by atoms with Crippen molar-refractivity contribution in [2.75, 3.05) is 0 Å². The van der Waals surface area contributed by atoms with Gasteiger partial charge in [-0.25, -0.2) is 4.39 Å². The van der Waals surface area contributed by atoms with Crippen LogP contribution in [0, 0.1) is 11.7 Å². The maximum atomic E-state index is 13.3. The van der Waals surface area contributed by atoms with Crippen molar-refractivity contribution < 1.29 is 9.50 Å². The Morgan fingerprint density at radius 2 is 1.50 bits per heavy atom. The van der Waals surface area contributed by atoms with Crippen LogP contribution in [-0.2, 0) is 25.7 Å². The average molecular weight is 374 g/mol. The van der Waals surface area contributed by atoms with Crippen LogP contribution in [-0.4, -0.2) is 5.11 Å². The molecule has 0 aliphatic heterocycles. The molecule has 0 bridgehead atoms. The van der Waals surface area contributed by atoms with E-state index in [0.717, 1.165) is 32.1 Å². The molecule has 0 saturated carbocycles. The van der Waals surface area contributed by atoms with Gasteiger partial charge in [-0.3, -0.25) is 0 Å². The number of rotatable bonds is 5. The van der Waals surface area contributed by atoms with Gasteiger partial charge >= 0.3 is 0 Å². The summed E-state index contributed by atoms with van der Waals surface area (Å²) < 4.78 is 13.3. The van der Waals surface area contributed by atoms with Crippen molar-refractivity contribution in [3.63, 3.8) is 0 Å². The van der Waals surface area contributed by atoms with Crippen LogP contribution in [0.2, 0.25) is 0 Å². The van der Waals surface area contributed by atoms with Crippen LogP contribution in [0.5, 0.6) is 5.75 Å². The molecule has 0 spiro atoms. The maximum Gasteiger partial charge on any atom is 0.123 e. The van der Waals surface area contributed by atoms with Crippen molar-refractivity contribution in [3.05, 3.63) is 100 Å². The average Bonchev–Trinajstić information content (AvgIpc) is 2.71. The highest BCUT2D eigenvalue weighted by Gasteiger charge is 2.30. The van der Waals surface area contributed by atoms with Crippen molar-refractivity contribution >= 4 is 0 Å². The molecule has 0 fully saturated rings. The Bertz CT molecular complexity index is 928. The lowest BCUT2D eigenvalue weighted by atomic mass is 9.70. The van der Waals surface area contributed by atoms with Crippen LogP contribution in [0.15, 0.2) is 66.7 Å². The van der Waals surface area contributed by atoms with Gasteiger partial charge in [-0.05, 0) is 96.0 Å². The minimum atomic E-state index is -0.180. The fourth-order valence-electron chi connectivity index (χ4n) is 4.58. The second-order valence-electron chi connectivity index (χ2n) is 7.99. The SMILES string of the molecule is CCc1ccc(CC2c3ccc(O)cc3CCC2Cc2ccc(F)cc2)cc1. The molecule has 1 N–H and O–H groups in total.